The molecule has 4 N–H and O–H groups in total. The fourth-order valence-corrected chi connectivity index (χ4v) is 3.33. The molecule has 2 aromatic heterocycles. The van der Waals surface area contributed by atoms with E-state index in [0.717, 1.165) is 22.6 Å². The topological polar surface area (TPSA) is 121 Å². The Morgan fingerprint density at radius 2 is 1.94 bits per heavy atom. The molecular weight excluding hydrogens is 420 g/mol. The molecular formula is C24H30N6O3. The molecule has 0 aliphatic carbocycles. The zero-order chi connectivity index (χ0) is 23.6. The molecule has 3 aromatic rings. The maximum Gasteiger partial charge on any atom is 0.251 e. The van der Waals surface area contributed by atoms with Crippen LogP contribution in [-0.2, 0) is 0 Å². The molecule has 0 saturated carbocycles. The second-order valence-corrected chi connectivity index (χ2v) is 7.54. The number of aliphatic hydroxyl groups excluding tert-OH is 1. The molecule has 1 atom stereocenters. The maximum atomic E-state index is 11.9. The van der Waals surface area contributed by atoms with E-state index in [9.17, 15) is 4.79 Å². The van der Waals surface area contributed by atoms with Gasteiger partial charge in [-0.25, -0.2) is 15.0 Å². The van der Waals surface area contributed by atoms with Crippen LogP contribution in [0.1, 0.15) is 35.2 Å². The van der Waals surface area contributed by atoms with Crippen molar-refractivity contribution in [3.05, 3.63) is 60.0 Å². The highest BCUT2D eigenvalue weighted by atomic mass is 16.5. The minimum Gasteiger partial charge on any atom is -0.496 e. The third-order valence-corrected chi connectivity index (χ3v) is 5.21. The molecule has 0 aliphatic rings. The first-order valence-electron chi connectivity index (χ1n) is 10.8. The number of carbonyl (C=O) groups is 1. The Balaban J connectivity index is 1.65. The lowest BCUT2D eigenvalue weighted by molar-refractivity contribution is 0.0962. The highest BCUT2D eigenvalue weighted by molar-refractivity contribution is 5.94. The number of hydrogen-bond acceptors (Lipinski definition) is 8. The fraction of sp³-hybridized carbons (Fsp3) is 0.333. The van der Waals surface area contributed by atoms with Gasteiger partial charge in [-0.1, -0.05) is 13.0 Å². The number of carbonyl (C=O) groups excluding carboxylic acids is 1. The summed E-state index contributed by atoms with van der Waals surface area (Å²) < 4.78 is 5.51. The SMILES string of the molecule is CNC(=O)c1ccc([C@H](C)CNc2cc(-c3ccc(NCCCO)nc3)ncn2)c(OC)c1. The van der Waals surface area contributed by atoms with Gasteiger partial charge in [0.2, 0.25) is 0 Å². The number of nitrogens with zero attached hydrogens (tertiary/aromatic N) is 3. The molecule has 0 unspecified atom stereocenters. The second kappa shape index (κ2) is 11.8. The van der Waals surface area contributed by atoms with Gasteiger partial charge in [0.1, 0.15) is 23.7 Å². The molecule has 0 radical (unpaired) electrons. The van der Waals surface area contributed by atoms with Gasteiger partial charge in [-0.3, -0.25) is 4.79 Å². The number of amides is 1. The number of pyridine rings is 1. The molecule has 0 saturated heterocycles. The third kappa shape index (κ3) is 6.39. The predicted octanol–water partition coefficient (Wildman–Crippen LogP) is 2.92. The molecule has 2 heterocycles. The lowest BCUT2D eigenvalue weighted by atomic mass is 9.98. The van der Waals surface area contributed by atoms with Gasteiger partial charge in [0.05, 0.1) is 12.8 Å². The Bertz CT molecular complexity index is 1060. The largest absolute Gasteiger partial charge is 0.496 e. The van der Waals surface area contributed by atoms with E-state index in [1.807, 2.05) is 24.3 Å². The van der Waals surface area contributed by atoms with E-state index in [4.69, 9.17) is 9.84 Å². The van der Waals surface area contributed by atoms with E-state index < -0.39 is 0 Å². The number of ether oxygens (including phenoxy) is 1. The van der Waals surface area contributed by atoms with Crippen molar-refractivity contribution in [3.8, 4) is 17.0 Å². The molecule has 3 rings (SSSR count). The molecule has 1 aromatic carbocycles. The monoisotopic (exact) mass is 450 g/mol. The molecule has 33 heavy (non-hydrogen) atoms. The standard InChI is InChI=1S/C24H30N6O3/c1-16(19-7-5-17(24(32)25-2)11-21(19)33-3)13-27-23-12-20(29-15-30-23)18-6-8-22(28-14-18)26-9-4-10-31/h5-8,11-12,14-16,31H,4,9-10,13H2,1-3H3,(H,25,32)(H,26,28)(H,27,29,30)/t16-/m1/s1. The second-order valence-electron chi connectivity index (χ2n) is 7.54. The Kier molecular flexibility index (Phi) is 8.54. The number of methoxy groups -OCH3 is 1. The van der Waals surface area contributed by atoms with Crippen molar-refractivity contribution < 1.29 is 14.6 Å². The van der Waals surface area contributed by atoms with Gasteiger partial charge in [-0.2, -0.15) is 0 Å². The zero-order valence-electron chi connectivity index (χ0n) is 19.1. The van der Waals surface area contributed by atoms with Crippen molar-refractivity contribution >= 4 is 17.5 Å². The number of aliphatic hydroxyl groups is 1. The summed E-state index contributed by atoms with van der Waals surface area (Å²) >= 11 is 0. The molecule has 1 amide bonds. The molecule has 0 spiro atoms. The van der Waals surface area contributed by atoms with Crippen LogP contribution in [0.3, 0.4) is 0 Å². The van der Waals surface area contributed by atoms with Crippen molar-refractivity contribution in [1.82, 2.24) is 20.3 Å². The quantitative estimate of drug-likeness (QED) is 0.329. The van der Waals surface area contributed by atoms with Crippen LogP contribution >= 0.6 is 0 Å². The Morgan fingerprint density at radius 1 is 1.09 bits per heavy atom. The summed E-state index contributed by atoms with van der Waals surface area (Å²) in [6.07, 6.45) is 3.95. The summed E-state index contributed by atoms with van der Waals surface area (Å²) in [5.74, 6) is 2.10. The first-order valence-corrected chi connectivity index (χ1v) is 10.8. The normalized spacial score (nSPS) is 11.5. The summed E-state index contributed by atoms with van der Waals surface area (Å²) in [7, 11) is 3.20. The van der Waals surface area contributed by atoms with E-state index in [0.29, 0.717) is 36.6 Å². The first-order chi connectivity index (χ1) is 16.0. The van der Waals surface area contributed by atoms with Gasteiger partial charge < -0.3 is 25.8 Å². The maximum absolute atomic E-state index is 11.9. The fourth-order valence-electron chi connectivity index (χ4n) is 3.33. The van der Waals surface area contributed by atoms with E-state index in [2.05, 4.69) is 37.8 Å². The van der Waals surface area contributed by atoms with E-state index in [-0.39, 0.29) is 18.4 Å². The molecule has 0 bridgehead atoms. The van der Waals surface area contributed by atoms with Crippen molar-refractivity contribution in [3.63, 3.8) is 0 Å². The van der Waals surface area contributed by atoms with Gasteiger partial charge >= 0.3 is 0 Å². The van der Waals surface area contributed by atoms with Crippen LogP contribution in [0.5, 0.6) is 5.75 Å². The number of hydrogen-bond donors (Lipinski definition) is 4. The van der Waals surface area contributed by atoms with Crippen molar-refractivity contribution in [1.29, 1.82) is 0 Å². The van der Waals surface area contributed by atoms with E-state index >= 15 is 0 Å². The summed E-state index contributed by atoms with van der Waals surface area (Å²) in [5.41, 5.74) is 3.21. The highest BCUT2D eigenvalue weighted by Gasteiger charge is 2.15. The number of aromatic nitrogens is 3. The number of benzene rings is 1. The van der Waals surface area contributed by atoms with Crippen molar-refractivity contribution in [2.24, 2.45) is 0 Å². The predicted molar refractivity (Wildman–Crippen MR) is 129 cm³/mol. The zero-order valence-corrected chi connectivity index (χ0v) is 19.1. The summed E-state index contributed by atoms with van der Waals surface area (Å²) in [5, 5.41) is 18.0. The lowest BCUT2D eigenvalue weighted by Gasteiger charge is -2.17. The van der Waals surface area contributed by atoms with E-state index in [1.54, 1.807) is 32.5 Å². The smallest absolute Gasteiger partial charge is 0.251 e. The van der Waals surface area contributed by atoms with E-state index in [1.165, 1.54) is 6.33 Å². The van der Waals surface area contributed by atoms with Crippen LogP contribution in [0.15, 0.2) is 48.9 Å². The van der Waals surface area contributed by atoms with Gasteiger partial charge in [-0.05, 0) is 36.2 Å². The molecule has 174 valence electrons. The average molecular weight is 451 g/mol. The number of rotatable bonds is 11. The minimum absolute atomic E-state index is 0.114. The van der Waals surface area contributed by atoms with Crippen LogP contribution in [0.2, 0.25) is 0 Å². The average Bonchev–Trinajstić information content (AvgIpc) is 2.87. The van der Waals surface area contributed by atoms with Crippen molar-refractivity contribution in [2.75, 3.05) is 44.5 Å². The van der Waals surface area contributed by atoms with Gasteiger partial charge in [0, 0.05) is 56.1 Å². The van der Waals surface area contributed by atoms with Crippen LogP contribution in [-0.4, -0.2) is 59.8 Å². The highest BCUT2D eigenvalue weighted by Crippen LogP contribution is 2.28. The summed E-state index contributed by atoms with van der Waals surface area (Å²) in [6.45, 7) is 3.52. The molecule has 0 aliphatic heterocycles. The lowest BCUT2D eigenvalue weighted by Crippen LogP contribution is -2.18. The molecule has 0 fully saturated rings. The Morgan fingerprint density at radius 3 is 2.64 bits per heavy atom. The minimum atomic E-state index is -0.150. The number of anilines is 2. The van der Waals surface area contributed by atoms with Crippen molar-refractivity contribution in [2.45, 2.75) is 19.3 Å². The molecule has 9 nitrogen and oxygen atoms in total. The van der Waals surface area contributed by atoms with Crippen LogP contribution < -0.4 is 20.7 Å². The van der Waals surface area contributed by atoms with Gasteiger partial charge in [0.25, 0.3) is 5.91 Å². The van der Waals surface area contributed by atoms with Crippen LogP contribution in [0, 0.1) is 0 Å². The summed E-state index contributed by atoms with van der Waals surface area (Å²) in [4.78, 5) is 25.0. The van der Waals surface area contributed by atoms with Gasteiger partial charge in [-0.15, -0.1) is 0 Å². The van der Waals surface area contributed by atoms with Gasteiger partial charge in [0.15, 0.2) is 0 Å². The Labute approximate surface area is 193 Å². The van der Waals surface area contributed by atoms with Crippen LogP contribution in [0.25, 0.3) is 11.3 Å². The third-order valence-electron chi connectivity index (χ3n) is 5.21. The Hall–Kier alpha value is -3.72. The molecule has 9 heteroatoms. The van der Waals surface area contributed by atoms with Crippen LogP contribution in [0.4, 0.5) is 11.6 Å². The first kappa shape index (κ1) is 23.9. The number of nitrogens with one attached hydrogen (secondary N) is 3. The summed E-state index contributed by atoms with van der Waals surface area (Å²) in [6, 6.07) is 11.2.